The third-order valence-electron chi connectivity index (χ3n) is 6.69. The Bertz CT molecular complexity index is 1220. The van der Waals surface area contributed by atoms with Crippen LogP contribution in [0.3, 0.4) is 0 Å². The first-order valence-electron chi connectivity index (χ1n) is 12.9. The lowest BCUT2D eigenvalue weighted by molar-refractivity contribution is -0.138. The molecule has 4 rings (SSSR count). The number of benzene rings is 2. The Morgan fingerprint density at radius 3 is 2.65 bits per heavy atom. The summed E-state index contributed by atoms with van der Waals surface area (Å²) in [5.41, 5.74) is 2.71. The van der Waals surface area contributed by atoms with Gasteiger partial charge in [0.25, 0.3) is 5.91 Å². The van der Waals surface area contributed by atoms with Crippen molar-refractivity contribution in [2.24, 2.45) is 5.92 Å². The molecule has 2 aromatic carbocycles. The number of hydrogen-bond donors (Lipinski definition) is 0. The van der Waals surface area contributed by atoms with E-state index in [2.05, 4.69) is 0 Å². The van der Waals surface area contributed by atoms with Crippen molar-refractivity contribution < 1.29 is 23.1 Å². The lowest BCUT2D eigenvalue weighted by Crippen LogP contribution is -2.41. The molecule has 3 aromatic rings. The first-order valence-corrected chi connectivity index (χ1v) is 12.9. The Kier molecular flexibility index (Phi) is 8.31. The maximum atomic E-state index is 14.3. The van der Waals surface area contributed by atoms with Crippen LogP contribution in [0.1, 0.15) is 62.1 Å². The summed E-state index contributed by atoms with van der Waals surface area (Å²) in [5, 5.41) is 0. The Hall–Kier alpha value is -3.61. The van der Waals surface area contributed by atoms with E-state index in [1.54, 1.807) is 30.3 Å². The average Bonchev–Trinajstić information content (AvgIpc) is 3.38. The highest BCUT2D eigenvalue weighted by atomic mass is 19.1. The number of carbonyl (C=O) groups is 2. The summed E-state index contributed by atoms with van der Waals surface area (Å²) in [6.45, 7) is 6.86. The van der Waals surface area contributed by atoms with Crippen LogP contribution in [-0.2, 0) is 22.6 Å². The molecule has 0 radical (unpaired) electrons. The van der Waals surface area contributed by atoms with E-state index in [1.165, 1.54) is 12.1 Å². The highest BCUT2D eigenvalue weighted by Crippen LogP contribution is 2.38. The number of furan rings is 1. The smallest absolute Gasteiger partial charge is 0.263 e. The summed E-state index contributed by atoms with van der Waals surface area (Å²) < 4.78 is 25.8. The van der Waals surface area contributed by atoms with E-state index < -0.39 is 12.1 Å². The van der Waals surface area contributed by atoms with E-state index in [-0.39, 0.29) is 23.5 Å². The molecule has 2 atom stereocenters. The number of ether oxygens (including phenoxy) is 1. The van der Waals surface area contributed by atoms with Crippen molar-refractivity contribution >= 4 is 11.8 Å². The molecular formula is C30H35FN2O4. The SMILES string of the molecule is CC[C@@H](Oc1ccc2c(c1)[C@H](c1cccc(F)c1)N(C(=O)CC(C)C)CC2)C(=O)N(C)Cc1ccco1. The molecule has 196 valence electrons. The number of rotatable bonds is 9. The fourth-order valence-corrected chi connectivity index (χ4v) is 4.87. The number of hydrogen-bond acceptors (Lipinski definition) is 4. The van der Waals surface area contributed by atoms with Crippen LogP contribution < -0.4 is 4.74 Å². The van der Waals surface area contributed by atoms with Gasteiger partial charge in [0.15, 0.2) is 6.10 Å². The lowest BCUT2D eigenvalue weighted by Gasteiger charge is -2.38. The van der Waals surface area contributed by atoms with Gasteiger partial charge in [0, 0.05) is 20.0 Å². The average molecular weight is 507 g/mol. The van der Waals surface area contributed by atoms with Crippen molar-refractivity contribution in [1.29, 1.82) is 0 Å². The van der Waals surface area contributed by atoms with E-state index in [4.69, 9.17) is 9.15 Å². The van der Waals surface area contributed by atoms with Crippen LogP contribution in [0.5, 0.6) is 5.75 Å². The number of carbonyl (C=O) groups excluding carboxylic acids is 2. The van der Waals surface area contributed by atoms with Gasteiger partial charge in [0.05, 0.1) is 18.8 Å². The van der Waals surface area contributed by atoms with E-state index in [9.17, 15) is 14.0 Å². The second-order valence-corrected chi connectivity index (χ2v) is 10.0. The third-order valence-corrected chi connectivity index (χ3v) is 6.69. The summed E-state index contributed by atoms with van der Waals surface area (Å²) in [7, 11) is 1.72. The summed E-state index contributed by atoms with van der Waals surface area (Å²) in [6, 6.07) is 15.4. The predicted octanol–water partition coefficient (Wildman–Crippen LogP) is 5.75. The summed E-state index contributed by atoms with van der Waals surface area (Å²) >= 11 is 0. The van der Waals surface area contributed by atoms with Gasteiger partial charge in [0.2, 0.25) is 5.91 Å². The first-order chi connectivity index (χ1) is 17.8. The molecule has 2 heterocycles. The van der Waals surface area contributed by atoms with Crippen molar-refractivity contribution in [3.63, 3.8) is 0 Å². The fourth-order valence-electron chi connectivity index (χ4n) is 4.87. The zero-order chi connectivity index (χ0) is 26.5. The number of likely N-dealkylation sites (N-methyl/N-ethyl adjacent to an activating group) is 1. The van der Waals surface area contributed by atoms with E-state index in [1.807, 2.05) is 56.0 Å². The van der Waals surface area contributed by atoms with Gasteiger partial charge in [-0.1, -0.05) is 39.0 Å². The summed E-state index contributed by atoms with van der Waals surface area (Å²) in [5.74, 6) is 1.01. The van der Waals surface area contributed by atoms with Gasteiger partial charge in [-0.25, -0.2) is 4.39 Å². The van der Waals surface area contributed by atoms with Crippen molar-refractivity contribution in [2.75, 3.05) is 13.6 Å². The zero-order valence-electron chi connectivity index (χ0n) is 21.9. The van der Waals surface area contributed by atoms with Crippen molar-refractivity contribution in [3.8, 4) is 5.75 Å². The number of fused-ring (bicyclic) bond motifs is 1. The van der Waals surface area contributed by atoms with Crippen LogP contribution >= 0.6 is 0 Å². The molecule has 0 saturated carbocycles. The van der Waals surface area contributed by atoms with Crippen LogP contribution in [0, 0.1) is 11.7 Å². The van der Waals surface area contributed by atoms with Crippen molar-refractivity contribution in [3.05, 3.63) is 89.1 Å². The molecule has 0 spiro atoms. The molecule has 1 aliphatic rings. The minimum absolute atomic E-state index is 0.0439. The number of halogens is 1. The Balaban J connectivity index is 1.63. The molecule has 7 heteroatoms. The topological polar surface area (TPSA) is 63.0 Å². The molecule has 0 fully saturated rings. The van der Waals surface area contributed by atoms with Crippen LogP contribution in [0.15, 0.2) is 65.3 Å². The van der Waals surface area contributed by atoms with Gasteiger partial charge >= 0.3 is 0 Å². The monoisotopic (exact) mass is 506 g/mol. The van der Waals surface area contributed by atoms with Crippen molar-refractivity contribution in [2.45, 2.75) is 58.7 Å². The second-order valence-electron chi connectivity index (χ2n) is 10.0. The molecule has 0 unspecified atom stereocenters. The van der Waals surface area contributed by atoms with E-state index in [0.29, 0.717) is 43.9 Å². The van der Waals surface area contributed by atoms with Crippen LogP contribution in [-0.4, -0.2) is 41.3 Å². The van der Waals surface area contributed by atoms with Crippen LogP contribution in [0.25, 0.3) is 0 Å². The predicted molar refractivity (Wildman–Crippen MR) is 139 cm³/mol. The van der Waals surface area contributed by atoms with E-state index in [0.717, 1.165) is 16.7 Å². The van der Waals surface area contributed by atoms with Crippen molar-refractivity contribution in [1.82, 2.24) is 9.80 Å². The van der Waals surface area contributed by atoms with Gasteiger partial charge in [-0.15, -0.1) is 0 Å². The Morgan fingerprint density at radius 2 is 1.97 bits per heavy atom. The molecule has 2 amide bonds. The molecular weight excluding hydrogens is 471 g/mol. The first kappa shape index (κ1) is 26.5. The highest BCUT2D eigenvalue weighted by Gasteiger charge is 2.33. The molecule has 1 aromatic heterocycles. The Morgan fingerprint density at radius 1 is 1.16 bits per heavy atom. The molecule has 0 N–H and O–H groups in total. The van der Waals surface area contributed by atoms with Crippen LogP contribution in [0.2, 0.25) is 0 Å². The summed E-state index contributed by atoms with van der Waals surface area (Å²) in [6.07, 6.45) is 2.52. The quantitative estimate of drug-likeness (QED) is 0.371. The van der Waals surface area contributed by atoms with Gasteiger partial charge in [-0.05, 0) is 71.8 Å². The largest absolute Gasteiger partial charge is 0.481 e. The molecule has 37 heavy (non-hydrogen) atoms. The number of amides is 2. The maximum Gasteiger partial charge on any atom is 0.263 e. The van der Waals surface area contributed by atoms with Gasteiger partial charge in [-0.3, -0.25) is 9.59 Å². The Labute approximate surface area is 218 Å². The number of nitrogens with zero attached hydrogens (tertiary/aromatic N) is 2. The van der Waals surface area contributed by atoms with Crippen LogP contribution in [0.4, 0.5) is 4.39 Å². The van der Waals surface area contributed by atoms with E-state index >= 15 is 0 Å². The van der Waals surface area contributed by atoms with Gasteiger partial charge in [0.1, 0.15) is 17.3 Å². The third kappa shape index (κ3) is 6.21. The minimum Gasteiger partial charge on any atom is -0.481 e. The normalized spacial score (nSPS) is 15.8. The molecule has 1 aliphatic heterocycles. The fraction of sp³-hybridized carbons (Fsp3) is 0.400. The highest BCUT2D eigenvalue weighted by molar-refractivity contribution is 5.81. The standard InChI is InChI=1S/C30H35FN2O4/c1-5-27(30(35)32(4)19-25-10-7-15-36-25)37-24-12-11-21-13-14-33(28(34)16-20(2)3)29(26(21)18-24)22-8-6-9-23(31)17-22/h6-12,15,17-18,20,27,29H,5,13-14,16,19H2,1-4H3/t27-,29+/m1/s1. The maximum absolute atomic E-state index is 14.3. The lowest BCUT2D eigenvalue weighted by atomic mass is 9.87. The molecule has 0 aliphatic carbocycles. The minimum atomic E-state index is -0.673. The molecule has 0 bridgehead atoms. The zero-order valence-corrected chi connectivity index (χ0v) is 21.9. The van der Waals surface area contributed by atoms with Gasteiger partial charge < -0.3 is 19.0 Å². The molecule has 0 saturated heterocycles. The summed E-state index contributed by atoms with van der Waals surface area (Å²) in [4.78, 5) is 29.8. The second kappa shape index (κ2) is 11.6. The van der Waals surface area contributed by atoms with Gasteiger partial charge in [-0.2, -0.15) is 0 Å². The molecule has 6 nitrogen and oxygen atoms in total.